The van der Waals surface area contributed by atoms with Gasteiger partial charge in [-0.2, -0.15) is 0 Å². The van der Waals surface area contributed by atoms with Crippen LogP contribution in [0, 0.1) is 13.8 Å². The monoisotopic (exact) mass is 402 g/mol. The van der Waals surface area contributed by atoms with Crippen molar-refractivity contribution >= 4 is 22.4 Å². The minimum atomic E-state index is -0.329. The van der Waals surface area contributed by atoms with Crippen molar-refractivity contribution in [1.29, 1.82) is 0 Å². The Morgan fingerprint density at radius 2 is 1.86 bits per heavy atom. The van der Waals surface area contributed by atoms with Crippen molar-refractivity contribution < 1.29 is 4.79 Å². The molecular weight excluding hydrogens is 384 g/mol. The van der Waals surface area contributed by atoms with Gasteiger partial charge in [-0.05, 0) is 43.7 Å². The van der Waals surface area contributed by atoms with E-state index in [4.69, 9.17) is 0 Å². The van der Waals surface area contributed by atoms with Crippen LogP contribution in [0.25, 0.3) is 17.1 Å². The van der Waals surface area contributed by atoms with Gasteiger partial charge in [0, 0.05) is 29.5 Å². The smallest absolute Gasteiger partial charge is 0.258 e. The normalized spacial score (nSPS) is 10.7. The third-order valence-corrected chi connectivity index (χ3v) is 5.22. The fourth-order valence-corrected chi connectivity index (χ4v) is 3.58. The van der Waals surface area contributed by atoms with E-state index in [-0.39, 0.29) is 11.5 Å². The molecule has 4 rings (SSSR count). The number of pyridine rings is 2. The van der Waals surface area contributed by atoms with Gasteiger partial charge in [-0.15, -0.1) is 11.3 Å². The van der Waals surface area contributed by atoms with Gasteiger partial charge in [0.1, 0.15) is 5.69 Å². The minimum Gasteiger partial charge on any atom is -0.298 e. The average Bonchev–Trinajstić information content (AvgIpc) is 3.17. The number of benzene rings is 1. The largest absolute Gasteiger partial charge is 0.298 e. The van der Waals surface area contributed by atoms with Crippen molar-refractivity contribution in [2.24, 2.45) is 0 Å². The second kappa shape index (κ2) is 7.81. The summed E-state index contributed by atoms with van der Waals surface area (Å²) in [5, 5.41) is 5.13. The maximum atomic E-state index is 12.7. The molecule has 0 saturated heterocycles. The zero-order valence-corrected chi connectivity index (χ0v) is 16.7. The van der Waals surface area contributed by atoms with Gasteiger partial charge in [0.05, 0.1) is 11.3 Å². The summed E-state index contributed by atoms with van der Waals surface area (Å²) >= 11 is 1.33. The van der Waals surface area contributed by atoms with E-state index in [0.717, 1.165) is 16.8 Å². The minimum absolute atomic E-state index is 0.201. The summed E-state index contributed by atoms with van der Waals surface area (Å²) in [6.45, 7) is 3.94. The Morgan fingerprint density at radius 3 is 2.62 bits per heavy atom. The molecule has 0 unspecified atom stereocenters. The van der Waals surface area contributed by atoms with E-state index in [1.165, 1.54) is 28.0 Å². The van der Waals surface area contributed by atoms with E-state index in [1.54, 1.807) is 12.4 Å². The first kappa shape index (κ1) is 18.8. The predicted octanol–water partition coefficient (Wildman–Crippen LogP) is 4.23. The van der Waals surface area contributed by atoms with Crippen LogP contribution in [-0.2, 0) is 0 Å². The molecule has 0 aliphatic rings. The number of thiazole rings is 1. The van der Waals surface area contributed by atoms with E-state index >= 15 is 0 Å². The van der Waals surface area contributed by atoms with Crippen molar-refractivity contribution in [1.82, 2.24) is 14.5 Å². The molecule has 29 heavy (non-hydrogen) atoms. The van der Waals surface area contributed by atoms with Gasteiger partial charge in [0.2, 0.25) is 0 Å². The Balaban J connectivity index is 1.58. The summed E-state index contributed by atoms with van der Waals surface area (Å²) < 4.78 is 1.46. The summed E-state index contributed by atoms with van der Waals surface area (Å²) in [7, 11) is 0. The second-order valence-electron chi connectivity index (χ2n) is 6.62. The first-order valence-electron chi connectivity index (χ1n) is 9.00. The summed E-state index contributed by atoms with van der Waals surface area (Å²) in [6.07, 6.45) is 3.26. The Morgan fingerprint density at radius 1 is 1.07 bits per heavy atom. The number of aromatic nitrogens is 3. The topological polar surface area (TPSA) is 76.9 Å². The van der Waals surface area contributed by atoms with Gasteiger partial charge >= 0.3 is 0 Å². The van der Waals surface area contributed by atoms with E-state index in [9.17, 15) is 9.59 Å². The summed E-state index contributed by atoms with van der Waals surface area (Å²) in [6, 6.07) is 14.3. The van der Waals surface area contributed by atoms with Gasteiger partial charge in [-0.25, -0.2) is 4.98 Å². The zero-order chi connectivity index (χ0) is 20.4. The summed E-state index contributed by atoms with van der Waals surface area (Å²) in [4.78, 5) is 33.8. The summed E-state index contributed by atoms with van der Waals surface area (Å²) in [5.74, 6) is -0.329. The maximum Gasteiger partial charge on any atom is 0.258 e. The van der Waals surface area contributed by atoms with E-state index in [0.29, 0.717) is 22.1 Å². The van der Waals surface area contributed by atoms with Gasteiger partial charge < -0.3 is 0 Å². The molecule has 6 nitrogen and oxygen atoms in total. The molecule has 4 aromatic rings. The number of carbonyl (C=O) groups is 1. The molecule has 1 amide bonds. The molecular formula is C22H18N4O2S. The van der Waals surface area contributed by atoms with Crippen LogP contribution in [0.15, 0.2) is 71.1 Å². The molecule has 0 spiro atoms. The highest BCUT2D eigenvalue weighted by molar-refractivity contribution is 7.14. The van der Waals surface area contributed by atoms with Crippen molar-refractivity contribution in [3.05, 3.63) is 93.3 Å². The highest BCUT2D eigenvalue weighted by Crippen LogP contribution is 2.25. The van der Waals surface area contributed by atoms with E-state index in [2.05, 4.69) is 15.3 Å². The second-order valence-corrected chi connectivity index (χ2v) is 7.48. The molecule has 0 fully saturated rings. The van der Waals surface area contributed by atoms with Gasteiger partial charge in [-0.1, -0.05) is 23.8 Å². The molecule has 1 aromatic carbocycles. The lowest BCUT2D eigenvalue weighted by Gasteiger charge is -2.08. The number of amides is 1. The molecule has 144 valence electrons. The van der Waals surface area contributed by atoms with Crippen molar-refractivity contribution in [2.45, 2.75) is 13.8 Å². The van der Waals surface area contributed by atoms with Crippen molar-refractivity contribution in [2.75, 3.05) is 5.32 Å². The number of hydrogen-bond donors (Lipinski definition) is 1. The lowest BCUT2D eigenvalue weighted by molar-refractivity contribution is 0.102. The van der Waals surface area contributed by atoms with Crippen LogP contribution < -0.4 is 10.9 Å². The van der Waals surface area contributed by atoms with E-state index < -0.39 is 0 Å². The molecule has 1 N–H and O–H groups in total. The van der Waals surface area contributed by atoms with Gasteiger partial charge in [0.15, 0.2) is 5.13 Å². The number of rotatable bonds is 4. The molecule has 0 saturated carbocycles. The molecule has 0 radical (unpaired) electrons. The molecule has 0 aliphatic heterocycles. The first-order chi connectivity index (χ1) is 14.0. The fraction of sp³-hybridized carbons (Fsp3) is 0.0909. The Labute approximate surface area is 171 Å². The molecule has 0 atom stereocenters. The quantitative estimate of drug-likeness (QED) is 0.554. The van der Waals surface area contributed by atoms with Crippen LogP contribution in [-0.4, -0.2) is 20.4 Å². The van der Waals surface area contributed by atoms with Crippen LogP contribution >= 0.6 is 11.3 Å². The van der Waals surface area contributed by atoms with Crippen LogP contribution in [0.5, 0.6) is 0 Å². The standard InChI is InChI=1S/C22H18N4O2S/c1-14-5-8-17(9-6-14)26-12-16(7-10-19(26)27)21(28)25-22-24-18(13-29-22)20-15(2)4-3-11-23-20/h3-13H,1-2H3,(H,24,25,28). The molecule has 0 aliphatic carbocycles. The van der Waals surface area contributed by atoms with E-state index in [1.807, 2.05) is 55.6 Å². The first-order valence-corrected chi connectivity index (χ1v) is 9.88. The van der Waals surface area contributed by atoms with Gasteiger partial charge in [0.25, 0.3) is 11.5 Å². The number of nitrogens with zero attached hydrogens (tertiary/aromatic N) is 3. The number of aryl methyl sites for hydroxylation is 2. The predicted molar refractivity (Wildman–Crippen MR) is 115 cm³/mol. The molecule has 0 bridgehead atoms. The zero-order valence-electron chi connectivity index (χ0n) is 15.9. The van der Waals surface area contributed by atoms with Crippen LogP contribution in [0.2, 0.25) is 0 Å². The summed E-state index contributed by atoms with van der Waals surface area (Å²) in [5.41, 5.74) is 4.49. The Bertz CT molecular complexity index is 1240. The van der Waals surface area contributed by atoms with Gasteiger partial charge in [-0.3, -0.25) is 24.5 Å². The third-order valence-electron chi connectivity index (χ3n) is 4.46. The van der Waals surface area contributed by atoms with Crippen LogP contribution in [0.4, 0.5) is 5.13 Å². The number of carbonyl (C=O) groups excluding carboxylic acids is 1. The molecule has 3 heterocycles. The molecule has 7 heteroatoms. The lowest BCUT2D eigenvalue weighted by Crippen LogP contribution is -2.20. The third kappa shape index (κ3) is 4.00. The highest BCUT2D eigenvalue weighted by atomic mass is 32.1. The highest BCUT2D eigenvalue weighted by Gasteiger charge is 2.13. The Kier molecular flexibility index (Phi) is 5.05. The molecule has 3 aromatic heterocycles. The van der Waals surface area contributed by atoms with Crippen molar-refractivity contribution in [3.63, 3.8) is 0 Å². The number of hydrogen-bond acceptors (Lipinski definition) is 5. The number of nitrogens with one attached hydrogen (secondary N) is 1. The average molecular weight is 402 g/mol. The SMILES string of the molecule is Cc1ccc(-n2cc(C(=O)Nc3nc(-c4ncccc4C)cs3)ccc2=O)cc1. The maximum absolute atomic E-state index is 12.7. The van der Waals surface area contributed by atoms with Crippen LogP contribution in [0.1, 0.15) is 21.5 Å². The fourth-order valence-electron chi connectivity index (χ4n) is 2.89. The lowest BCUT2D eigenvalue weighted by atomic mass is 10.2. The van der Waals surface area contributed by atoms with Crippen LogP contribution in [0.3, 0.4) is 0 Å². The number of anilines is 1. The Hall–Kier alpha value is -3.58. The van der Waals surface area contributed by atoms with Crippen molar-refractivity contribution in [3.8, 4) is 17.1 Å².